The molecule has 1 N–H and O–H groups in total. The highest BCUT2D eigenvalue weighted by molar-refractivity contribution is 6.31. The molecule has 0 fully saturated rings. The highest BCUT2D eigenvalue weighted by atomic mass is 35.5. The Balaban J connectivity index is 1.39. The van der Waals surface area contributed by atoms with Gasteiger partial charge in [-0.2, -0.15) is 15.0 Å². The van der Waals surface area contributed by atoms with Crippen molar-refractivity contribution in [3.63, 3.8) is 0 Å². The zero-order valence-corrected chi connectivity index (χ0v) is 18.2. The Kier molecular flexibility index (Phi) is 7.42. The Morgan fingerprint density at radius 1 is 1.00 bits per heavy atom. The lowest BCUT2D eigenvalue weighted by atomic mass is 10.1. The first-order valence-corrected chi connectivity index (χ1v) is 10.7. The summed E-state index contributed by atoms with van der Waals surface area (Å²) in [6.07, 6.45) is 2.54. The van der Waals surface area contributed by atoms with Crippen LogP contribution in [0.3, 0.4) is 0 Å². The quantitative estimate of drug-likeness (QED) is 0.353. The summed E-state index contributed by atoms with van der Waals surface area (Å²) < 4.78 is 19.0. The van der Waals surface area contributed by atoms with E-state index in [0.29, 0.717) is 30.6 Å². The van der Waals surface area contributed by atoms with Gasteiger partial charge in [-0.05, 0) is 36.7 Å². The number of nitrogens with zero attached hydrogens (tertiary/aromatic N) is 4. The first-order chi connectivity index (χ1) is 15.7. The van der Waals surface area contributed by atoms with E-state index in [0.717, 1.165) is 35.5 Å². The van der Waals surface area contributed by atoms with E-state index in [1.165, 1.54) is 12.1 Å². The normalized spacial score (nSPS) is 10.9. The summed E-state index contributed by atoms with van der Waals surface area (Å²) in [6, 6.07) is 19.8. The second kappa shape index (κ2) is 10.8. The van der Waals surface area contributed by atoms with E-state index in [4.69, 9.17) is 16.3 Å². The van der Waals surface area contributed by atoms with Gasteiger partial charge in [0.05, 0.1) is 13.2 Å². The largest absolute Gasteiger partial charge is 0.478 e. The van der Waals surface area contributed by atoms with Crippen LogP contribution in [-0.2, 0) is 13.1 Å². The molecule has 8 heteroatoms. The Morgan fingerprint density at radius 3 is 2.62 bits per heavy atom. The van der Waals surface area contributed by atoms with Gasteiger partial charge in [0.15, 0.2) is 0 Å². The van der Waals surface area contributed by atoms with Crippen LogP contribution in [-0.4, -0.2) is 33.1 Å². The molecule has 2 heterocycles. The first kappa shape index (κ1) is 21.9. The molecule has 0 atom stereocenters. The summed E-state index contributed by atoms with van der Waals surface area (Å²) in [5.41, 5.74) is 3.38. The molecule has 6 nitrogen and oxygen atoms in total. The van der Waals surface area contributed by atoms with Gasteiger partial charge in [0.2, 0.25) is 5.88 Å². The van der Waals surface area contributed by atoms with Gasteiger partial charge in [-0.15, -0.1) is 0 Å². The molecule has 2 aromatic carbocycles. The molecule has 0 aliphatic heterocycles. The number of aromatic nitrogens is 4. The first-order valence-electron chi connectivity index (χ1n) is 10.4. The van der Waals surface area contributed by atoms with Gasteiger partial charge in [-0.3, -0.25) is 0 Å². The maximum Gasteiger partial charge on any atom is 0.213 e. The van der Waals surface area contributed by atoms with Crippen LogP contribution in [0.1, 0.15) is 17.7 Å². The molecule has 0 saturated heterocycles. The average Bonchev–Trinajstić information content (AvgIpc) is 3.22. The maximum atomic E-state index is 13.4. The molecule has 32 heavy (non-hydrogen) atoms. The minimum Gasteiger partial charge on any atom is -0.478 e. The van der Waals surface area contributed by atoms with E-state index in [9.17, 15) is 4.39 Å². The Morgan fingerprint density at radius 2 is 1.84 bits per heavy atom. The standard InChI is InChI=1S/C24H23ClFN5O/c25-21-15-20(26)11-10-19(21)17-31-29-22(24(30-31)18-7-2-1-3-8-18)16-27-12-6-14-32-23-9-4-5-13-28-23/h1-5,7-11,13,15,27H,6,12,14,16-17H2. The minimum atomic E-state index is -0.367. The molecule has 0 unspecified atom stereocenters. The second-order valence-corrected chi connectivity index (χ2v) is 7.58. The van der Waals surface area contributed by atoms with Crippen molar-refractivity contribution in [2.45, 2.75) is 19.5 Å². The number of benzene rings is 2. The van der Waals surface area contributed by atoms with E-state index < -0.39 is 0 Å². The minimum absolute atomic E-state index is 0.358. The van der Waals surface area contributed by atoms with Crippen molar-refractivity contribution in [3.05, 3.63) is 95.0 Å². The van der Waals surface area contributed by atoms with Gasteiger partial charge in [0.25, 0.3) is 0 Å². The SMILES string of the molecule is Fc1ccc(Cn2nc(CNCCCOc3ccccn3)c(-c3ccccc3)n2)c(Cl)c1. The van der Waals surface area contributed by atoms with Gasteiger partial charge >= 0.3 is 0 Å². The van der Waals surface area contributed by atoms with Crippen molar-refractivity contribution in [1.82, 2.24) is 25.3 Å². The van der Waals surface area contributed by atoms with Gasteiger partial charge in [0, 0.05) is 29.4 Å². The molecular formula is C24H23ClFN5O. The van der Waals surface area contributed by atoms with E-state index in [1.54, 1.807) is 17.1 Å². The van der Waals surface area contributed by atoms with Crippen molar-refractivity contribution in [1.29, 1.82) is 0 Å². The molecule has 0 radical (unpaired) electrons. The van der Waals surface area contributed by atoms with E-state index in [-0.39, 0.29) is 5.82 Å². The van der Waals surface area contributed by atoms with E-state index in [2.05, 4.69) is 20.5 Å². The summed E-state index contributed by atoms with van der Waals surface area (Å²) in [5.74, 6) is 0.260. The van der Waals surface area contributed by atoms with Crippen molar-refractivity contribution in [2.24, 2.45) is 0 Å². The molecule has 0 aliphatic rings. The summed E-state index contributed by atoms with van der Waals surface area (Å²) in [4.78, 5) is 5.74. The van der Waals surface area contributed by atoms with Crippen LogP contribution in [0.2, 0.25) is 5.02 Å². The number of hydrogen-bond acceptors (Lipinski definition) is 5. The van der Waals surface area contributed by atoms with Crippen LogP contribution < -0.4 is 10.1 Å². The van der Waals surface area contributed by atoms with Crippen LogP contribution >= 0.6 is 11.6 Å². The fraction of sp³-hybridized carbons (Fsp3) is 0.208. The molecule has 164 valence electrons. The Bertz CT molecular complexity index is 1140. The van der Waals surface area contributed by atoms with Crippen LogP contribution in [0.4, 0.5) is 4.39 Å². The van der Waals surface area contributed by atoms with Crippen molar-refractivity contribution < 1.29 is 9.13 Å². The van der Waals surface area contributed by atoms with Crippen molar-refractivity contribution in [3.8, 4) is 17.1 Å². The fourth-order valence-corrected chi connectivity index (χ4v) is 3.43. The number of ether oxygens (including phenoxy) is 1. The number of nitrogens with one attached hydrogen (secondary N) is 1. The molecule has 0 bridgehead atoms. The molecule has 0 saturated carbocycles. The lowest BCUT2D eigenvalue weighted by Crippen LogP contribution is -2.18. The third-order valence-electron chi connectivity index (χ3n) is 4.78. The molecule has 2 aromatic heterocycles. The zero-order valence-electron chi connectivity index (χ0n) is 17.4. The Labute approximate surface area is 191 Å². The van der Waals surface area contributed by atoms with E-state index in [1.807, 2.05) is 48.5 Å². The van der Waals surface area contributed by atoms with Crippen LogP contribution in [0, 0.1) is 5.82 Å². The number of pyridine rings is 1. The summed E-state index contributed by atoms with van der Waals surface area (Å²) in [5, 5.41) is 13.1. The third kappa shape index (κ3) is 5.90. The molecule has 0 spiro atoms. The fourth-order valence-electron chi connectivity index (χ4n) is 3.21. The number of rotatable bonds is 10. The van der Waals surface area contributed by atoms with Gasteiger partial charge in [-0.1, -0.05) is 54.1 Å². The molecule has 4 aromatic rings. The number of hydrogen-bond donors (Lipinski definition) is 1. The average molecular weight is 452 g/mol. The zero-order chi connectivity index (χ0) is 22.2. The predicted octanol–water partition coefficient (Wildman–Crippen LogP) is 4.74. The third-order valence-corrected chi connectivity index (χ3v) is 5.13. The molecule has 4 rings (SSSR count). The van der Waals surface area contributed by atoms with Crippen LogP contribution in [0.25, 0.3) is 11.3 Å². The monoisotopic (exact) mass is 451 g/mol. The topological polar surface area (TPSA) is 64.9 Å². The highest BCUT2D eigenvalue weighted by Gasteiger charge is 2.14. The lowest BCUT2D eigenvalue weighted by Gasteiger charge is -2.06. The molecular weight excluding hydrogens is 429 g/mol. The van der Waals surface area contributed by atoms with Crippen LogP contribution in [0.15, 0.2) is 72.9 Å². The summed E-state index contributed by atoms with van der Waals surface area (Å²) in [7, 11) is 0. The smallest absolute Gasteiger partial charge is 0.213 e. The number of halogens is 2. The maximum absolute atomic E-state index is 13.4. The van der Waals surface area contributed by atoms with Crippen molar-refractivity contribution >= 4 is 11.6 Å². The molecule has 0 amide bonds. The van der Waals surface area contributed by atoms with Gasteiger partial charge in [0.1, 0.15) is 17.2 Å². The Hall–Kier alpha value is -3.29. The highest BCUT2D eigenvalue weighted by Crippen LogP contribution is 2.22. The van der Waals surface area contributed by atoms with Crippen molar-refractivity contribution in [2.75, 3.05) is 13.2 Å². The van der Waals surface area contributed by atoms with Gasteiger partial charge in [-0.25, -0.2) is 9.37 Å². The second-order valence-electron chi connectivity index (χ2n) is 7.17. The van der Waals surface area contributed by atoms with E-state index >= 15 is 0 Å². The van der Waals surface area contributed by atoms with Crippen LogP contribution in [0.5, 0.6) is 5.88 Å². The summed E-state index contributed by atoms with van der Waals surface area (Å²) in [6.45, 7) is 2.25. The summed E-state index contributed by atoms with van der Waals surface area (Å²) >= 11 is 6.18. The lowest BCUT2D eigenvalue weighted by molar-refractivity contribution is 0.296. The molecule has 0 aliphatic carbocycles. The predicted molar refractivity (Wildman–Crippen MR) is 122 cm³/mol. The van der Waals surface area contributed by atoms with Gasteiger partial charge < -0.3 is 10.1 Å².